The molecule has 4 heteroatoms. The van der Waals surface area contributed by atoms with E-state index in [0.29, 0.717) is 29.9 Å². The van der Waals surface area contributed by atoms with Crippen molar-refractivity contribution in [1.82, 2.24) is 4.98 Å². The van der Waals surface area contributed by atoms with Gasteiger partial charge in [0, 0.05) is 17.0 Å². The van der Waals surface area contributed by atoms with Gasteiger partial charge in [-0.1, -0.05) is 0 Å². The monoisotopic (exact) mass is 220 g/mol. The normalized spacial score (nSPS) is 10.7. The molecule has 1 aromatic heterocycles. The molecule has 0 spiro atoms. The van der Waals surface area contributed by atoms with Crippen LogP contribution in [0, 0.1) is 5.82 Å². The summed E-state index contributed by atoms with van der Waals surface area (Å²) in [5.74, 6) is 0.218. The lowest BCUT2D eigenvalue weighted by Gasteiger charge is -2.07. The fraction of sp³-hybridized carbons (Fsp3) is 0.250. The molecule has 1 heterocycles. The van der Waals surface area contributed by atoms with E-state index in [2.05, 4.69) is 4.98 Å². The zero-order valence-electron chi connectivity index (χ0n) is 9.03. The maximum Gasteiger partial charge on any atom is 0.213 e. The van der Waals surface area contributed by atoms with Crippen LogP contribution in [0.3, 0.4) is 0 Å². The highest BCUT2D eigenvalue weighted by molar-refractivity contribution is 5.82. The standard InChI is InChI=1S/C12H13FN2O/c1-16-11-5-3-8-2-4-10(13)9(6-7-14)12(8)15-11/h2-5H,6-7,14H2,1H3. The number of rotatable bonds is 3. The fourth-order valence-electron chi connectivity index (χ4n) is 1.70. The van der Waals surface area contributed by atoms with Gasteiger partial charge in [0.25, 0.3) is 0 Å². The smallest absolute Gasteiger partial charge is 0.213 e. The zero-order chi connectivity index (χ0) is 11.5. The first-order chi connectivity index (χ1) is 7.76. The summed E-state index contributed by atoms with van der Waals surface area (Å²) in [6.07, 6.45) is 0.476. The van der Waals surface area contributed by atoms with Crippen molar-refractivity contribution in [3.8, 4) is 5.88 Å². The summed E-state index contributed by atoms with van der Waals surface area (Å²) in [6, 6.07) is 6.77. The van der Waals surface area contributed by atoms with E-state index < -0.39 is 0 Å². The first-order valence-electron chi connectivity index (χ1n) is 5.08. The zero-order valence-corrected chi connectivity index (χ0v) is 9.03. The summed E-state index contributed by atoms with van der Waals surface area (Å²) in [7, 11) is 1.54. The minimum Gasteiger partial charge on any atom is -0.481 e. The van der Waals surface area contributed by atoms with Crippen molar-refractivity contribution in [2.45, 2.75) is 6.42 Å². The third-order valence-corrected chi connectivity index (χ3v) is 2.49. The molecule has 2 N–H and O–H groups in total. The van der Waals surface area contributed by atoms with E-state index in [1.807, 2.05) is 6.07 Å². The Bertz CT molecular complexity index is 514. The Kier molecular flexibility index (Phi) is 3.01. The van der Waals surface area contributed by atoms with Gasteiger partial charge in [0.1, 0.15) is 5.82 Å². The first kappa shape index (κ1) is 10.8. The van der Waals surface area contributed by atoms with Crippen LogP contribution in [0.25, 0.3) is 10.9 Å². The van der Waals surface area contributed by atoms with Gasteiger partial charge >= 0.3 is 0 Å². The van der Waals surface area contributed by atoms with Crippen LogP contribution in [-0.4, -0.2) is 18.6 Å². The topological polar surface area (TPSA) is 48.1 Å². The Morgan fingerprint density at radius 3 is 2.75 bits per heavy atom. The maximum atomic E-state index is 13.6. The number of aromatic nitrogens is 1. The molecule has 0 saturated heterocycles. The molecule has 0 amide bonds. The summed E-state index contributed by atoms with van der Waals surface area (Å²) < 4.78 is 18.6. The molecule has 1 aromatic carbocycles. The van der Waals surface area contributed by atoms with Gasteiger partial charge in [-0.3, -0.25) is 0 Å². The molecule has 0 saturated carbocycles. The predicted octanol–water partition coefficient (Wildman–Crippen LogP) is 1.88. The molecule has 84 valence electrons. The third-order valence-electron chi connectivity index (χ3n) is 2.49. The molecule has 0 aliphatic carbocycles. The van der Waals surface area contributed by atoms with Gasteiger partial charge in [0.2, 0.25) is 5.88 Å². The summed E-state index contributed by atoms with van der Waals surface area (Å²) in [5.41, 5.74) is 6.65. The van der Waals surface area contributed by atoms with E-state index in [4.69, 9.17) is 10.5 Å². The molecule has 0 fully saturated rings. The molecule has 0 unspecified atom stereocenters. The Labute approximate surface area is 93.0 Å². The number of nitrogens with two attached hydrogens (primary N) is 1. The second-order valence-electron chi connectivity index (χ2n) is 3.49. The third kappa shape index (κ3) is 1.84. The van der Waals surface area contributed by atoms with Gasteiger partial charge in [0.15, 0.2) is 0 Å². The van der Waals surface area contributed by atoms with E-state index in [1.165, 1.54) is 13.2 Å². The minimum absolute atomic E-state index is 0.265. The SMILES string of the molecule is COc1ccc2ccc(F)c(CCN)c2n1. The molecule has 16 heavy (non-hydrogen) atoms. The number of ether oxygens (including phenoxy) is 1. The van der Waals surface area contributed by atoms with Gasteiger partial charge in [0.05, 0.1) is 12.6 Å². The molecule has 3 nitrogen and oxygen atoms in total. The lowest BCUT2D eigenvalue weighted by Crippen LogP contribution is -2.06. The number of pyridine rings is 1. The van der Waals surface area contributed by atoms with E-state index in [0.717, 1.165) is 5.39 Å². The van der Waals surface area contributed by atoms with Crippen molar-refractivity contribution in [1.29, 1.82) is 0 Å². The molecule has 0 aliphatic heterocycles. The quantitative estimate of drug-likeness (QED) is 0.859. The average molecular weight is 220 g/mol. The van der Waals surface area contributed by atoms with Crippen LogP contribution >= 0.6 is 0 Å². The van der Waals surface area contributed by atoms with Gasteiger partial charge in [-0.05, 0) is 31.2 Å². The second-order valence-corrected chi connectivity index (χ2v) is 3.49. The van der Waals surface area contributed by atoms with Crippen molar-refractivity contribution in [2.24, 2.45) is 5.73 Å². The largest absolute Gasteiger partial charge is 0.481 e. The van der Waals surface area contributed by atoms with Crippen molar-refractivity contribution >= 4 is 10.9 Å². The number of hydrogen-bond acceptors (Lipinski definition) is 3. The average Bonchev–Trinajstić information content (AvgIpc) is 2.32. The molecule has 2 aromatic rings. The summed E-state index contributed by atoms with van der Waals surface area (Å²) in [5, 5.41) is 0.894. The molecule has 0 atom stereocenters. The minimum atomic E-state index is -0.265. The molecule has 0 bridgehead atoms. The van der Waals surface area contributed by atoms with Crippen LogP contribution in [-0.2, 0) is 6.42 Å². The summed E-state index contributed by atoms with van der Waals surface area (Å²) in [4.78, 5) is 4.26. The lowest BCUT2D eigenvalue weighted by molar-refractivity contribution is 0.399. The second kappa shape index (κ2) is 4.45. The highest BCUT2D eigenvalue weighted by Crippen LogP contribution is 2.22. The first-order valence-corrected chi connectivity index (χ1v) is 5.08. The molecule has 0 radical (unpaired) electrons. The number of nitrogens with zero attached hydrogens (tertiary/aromatic N) is 1. The van der Waals surface area contributed by atoms with E-state index >= 15 is 0 Å². The number of halogens is 1. The number of fused-ring (bicyclic) bond motifs is 1. The Balaban J connectivity index is 2.67. The lowest BCUT2D eigenvalue weighted by atomic mass is 10.1. The van der Waals surface area contributed by atoms with Crippen molar-refractivity contribution < 1.29 is 9.13 Å². The van der Waals surface area contributed by atoms with E-state index in [9.17, 15) is 4.39 Å². The van der Waals surface area contributed by atoms with Crippen LogP contribution in [0.1, 0.15) is 5.56 Å². The van der Waals surface area contributed by atoms with Crippen LogP contribution in [0.5, 0.6) is 5.88 Å². The number of methoxy groups -OCH3 is 1. The molecule has 0 aliphatic rings. The van der Waals surface area contributed by atoms with Gasteiger partial charge in [-0.15, -0.1) is 0 Å². The highest BCUT2D eigenvalue weighted by Gasteiger charge is 2.09. The number of benzene rings is 1. The van der Waals surface area contributed by atoms with Crippen LogP contribution in [0.15, 0.2) is 24.3 Å². The van der Waals surface area contributed by atoms with E-state index in [1.54, 1.807) is 12.1 Å². The van der Waals surface area contributed by atoms with Gasteiger partial charge in [-0.2, -0.15) is 0 Å². The highest BCUT2D eigenvalue weighted by atomic mass is 19.1. The van der Waals surface area contributed by atoms with Crippen molar-refractivity contribution in [3.63, 3.8) is 0 Å². The van der Waals surface area contributed by atoms with Crippen molar-refractivity contribution in [2.75, 3.05) is 13.7 Å². The van der Waals surface area contributed by atoms with Crippen LogP contribution in [0.4, 0.5) is 4.39 Å². The van der Waals surface area contributed by atoms with Crippen LogP contribution in [0.2, 0.25) is 0 Å². The molecule has 2 rings (SSSR count). The Morgan fingerprint density at radius 2 is 2.06 bits per heavy atom. The van der Waals surface area contributed by atoms with Gasteiger partial charge in [-0.25, -0.2) is 9.37 Å². The Hall–Kier alpha value is -1.68. The maximum absolute atomic E-state index is 13.6. The molecular formula is C12H13FN2O. The van der Waals surface area contributed by atoms with Crippen LogP contribution < -0.4 is 10.5 Å². The number of hydrogen-bond donors (Lipinski definition) is 1. The van der Waals surface area contributed by atoms with Crippen molar-refractivity contribution in [3.05, 3.63) is 35.6 Å². The summed E-state index contributed by atoms with van der Waals surface area (Å²) in [6.45, 7) is 0.398. The Morgan fingerprint density at radius 1 is 1.31 bits per heavy atom. The van der Waals surface area contributed by atoms with E-state index in [-0.39, 0.29) is 5.82 Å². The molecular weight excluding hydrogens is 207 g/mol. The van der Waals surface area contributed by atoms with Gasteiger partial charge < -0.3 is 10.5 Å². The fourth-order valence-corrected chi connectivity index (χ4v) is 1.70. The summed E-state index contributed by atoms with van der Waals surface area (Å²) >= 11 is 0. The predicted molar refractivity (Wildman–Crippen MR) is 61.0 cm³/mol.